The molecular formula is C18H14F2N2O2S. The van der Waals surface area contributed by atoms with Crippen LogP contribution in [0.3, 0.4) is 0 Å². The Morgan fingerprint density at radius 1 is 1.08 bits per heavy atom. The van der Waals surface area contributed by atoms with Crippen molar-refractivity contribution in [2.24, 2.45) is 0 Å². The summed E-state index contributed by atoms with van der Waals surface area (Å²) in [7, 11) is 0. The molecule has 0 aromatic heterocycles. The fourth-order valence-electron chi connectivity index (χ4n) is 2.41. The highest BCUT2D eigenvalue weighted by atomic mass is 32.2. The Morgan fingerprint density at radius 2 is 1.76 bits per heavy atom. The van der Waals surface area contributed by atoms with E-state index in [1.165, 1.54) is 22.7 Å². The standard InChI is InChI=1S/C18H14F2N2O2S/c19-13-7-4-8-14(20)18(13)21-16(23)9-22-15(10-25-11-17(22)24)12-5-2-1-3-6-12/h1-8,10H,9,11H2,(H,21,23). The molecule has 0 saturated carbocycles. The molecule has 0 atom stereocenters. The zero-order chi connectivity index (χ0) is 17.8. The minimum Gasteiger partial charge on any atom is -0.320 e. The number of benzene rings is 2. The van der Waals surface area contributed by atoms with E-state index in [1.807, 2.05) is 30.3 Å². The lowest BCUT2D eigenvalue weighted by Gasteiger charge is -2.28. The second-order valence-corrected chi connectivity index (χ2v) is 6.16. The summed E-state index contributed by atoms with van der Waals surface area (Å²) in [4.78, 5) is 25.8. The van der Waals surface area contributed by atoms with Crippen LogP contribution >= 0.6 is 11.8 Å². The van der Waals surface area contributed by atoms with Crippen molar-refractivity contribution in [2.75, 3.05) is 17.6 Å². The van der Waals surface area contributed by atoms with Crippen LogP contribution in [0, 0.1) is 11.6 Å². The van der Waals surface area contributed by atoms with Crippen LogP contribution < -0.4 is 5.32 Å². The van der Waals surface area contributed by atoms with Gasteiger partial charge in [0.1, 0.15) is 23.9 Å². The number of carbonyl (C=O) groups excluding carboxylic acids is 2. The van der Waals surface area contributed by atoms with Crippen LogP contribution in [0.1, 0.15) is 5.56 Å². The Balaban J connectivity index is 1.80. The molecule has 2 amide bonds. The lowest BCUT2D eigenvalue weighted by molar-refractivity contribution is -0.129. The number of rotatable bonds is 4. The third-order valence-corrected chi connectivity index (χ3v) is 4.40. The Bertz CT molecular complexity index is 820. The van der Waals surface area contributed by atoms with Gasteiger partial charge in [0, 0.05) is 0 Å². The lowest BCUT2D eigenvalue weighted by Crippen LogP contribution is -2.39. The Hall–Kier alpha value is -2.67. The van der Waals surface area contributed by atoms with Crippen molar-refractivity contribution in [3.05, 3.63) is 71.1 Å². The van der Waals surface area contributed by atoms with Crippen molar-refractivity contribution in [1.29, 1.82) is 0 Å². The van der Waals surface area contributed by atoms with Crippen molar-refractivity contribution >= 4 is 35.0 Å². The first-order valence-electron chi connectivity index (χ1n) is 7.47. The van der Waals surface area contributed by atoms with E-state index < -0.39 is 23.2 Å². The van der Waals surface area contributed by atoms with Gasteiger partial charge in [-0.3, -0.25) is 9.59 Å². The van der Waals surface area contributed by atoms with E-state index in [-0.39, 0.29) is 18.2 Å². The highest BCUT2D eigenvalue weighted by molar-refractivity contribution is 8.03. The second kappa shape index (κ2) is 7.48. The van der Waals surface area contributed by atoms with Gasteiger partial charge in [0.25, 0.3) is 0 Å². The molecule has 0 fully saturated rings. The maximum Gasteiger partial charge on any atom is 0.244 e. The molecule has 3 rings (SSSR count). The first-order valence-corrected chi connectivity index (χ1v) is 8.52. The molecule has 2 aromatic carbocycles. The van der Waals surface area contributed by atoms with Gasteiger partial charge in [0.05, 0.1) is 11.4 Å². The maximum absolute atomic E-state index is 13.7. The SMILES string of the molecule is O=C(CN1C(=O)CSC=C1c1ccccc1)Nc1c(F)cccc1F. The van der Waals surface area contributed by atoms with Gasteiger partial charge < -0.3 is 10.2 Å². The monoisotopic (exact) mass is 360 g/mol. The molecule has 2 aromatic rings. The number of hydrogen-bond acceptors (Lipinski definition) is 3. The largest absolute Gasteiger partial charge is 0.320 e. The Labute approximate surface area is 147 Å². The van der Waals surface area contributed by atoms with Gasteiger partial charge in [-0.25, -0.2) is 8.78 Å². The molecule has 25 heavy (non-hydrogen) atoms. The van der Waals surface area contributed by atoms with Gasteiger partial charge in [-0.15, -0.1) is 11.8 Å². The van der Waals surface area contributed by atoms with E-state index in [9.17, 15) is 18.4 Å². The van der Waals surface area contributed by atoms with Crippen LogP contribution in [0.15, 0.2) is 53.9 Å². The van der Waals surface area contributed by atoms with Crippen molar-refractivity contribution in [3.63, 3.8) is 0 Å². The van der Waals surface area contributed by atoms with Crippen LogP contribution in [-0.2, 0) is 9.59 Å². The second-order valence-electron chi connectivity index (χ2n) is 5.30. The first kappa shape index (κ1) is 17.2. The van der Waals surface area contributed by atoms with E-state index in [2.05, 4.69) is 5.32 Å². The Morgan fingerprint density at radius 3 is 2.44 bits per heavy atom. The molecule has 4 nitrogen and oxygen atoms in total. The first-order chi connectivity index (χ1) is 12.1. The average Bonchev–Trinajstić information content (AvgIpc) is 2.61. The van der Waals surface area contributed by atoms with Gasteiger partial charge in [-0.2, -0.15) is 0 Å². The number of anilines is 1. The highest BCUT2D eigenvalue weighted by Crippen LogP contribution is 2.28. The smallest absolute Gasteiger partial charge is 0.244 e. The number of para-hydroxylation sites is 1. The number of carbonyl (C=O) groups is 2. The molecule has 0 bridgehead atoms. The summed E-state index contributed by atoms with van der Waals surface area (Å²) in [5.74, 6) is -2.44. The molecule has 0 unspecified atom stereocenters. The maximum atomic E-state index is 13.7. The van der Waals surface area contributed by atoms with Crippen molar-refractivity contribution in [1.82, 2.24) is 4.90 Å². The zero-order valence-electron chi connectivity index (χ0n) is 13.0. The summed E-state index contributed by atoms with van der Waals surface area (Å²) in [5, 5.41) is 4.00. The van der Waals surface area contributed by atoms with Crippen molar-refractivity contribution < 1.29 is 18.4 Å². The number of thioether (sulfide) groups is 1. The van der Waals surface area contributed by atoms with E-state index in [1.54, 1.807) is 5.41 Å². The molecular weight excluding hydrogens is 346 g/mol. The summed E-state index contributed by atoms with van der Waals surface area (Å²) in [6, 6.07) is 12.5. The number of halogens is 2. The lowest BCUT2D eigenvalue weighted by atomic mass is 10.1. The molecule has 0 aliphatic carbocycles. The number of nitrogens with one attached hydrogen (secondary N) is 1. The molecule has 1 N–H and O–H groups in total. The van der Waals surface area contributed by atoms with E-state index >= 15 is 0 Å². The molecule has 0 spiro atoms. The third kappa shape index (κ3) is 3.88. The average molecular weight is 360 g/mol. The van der Waals surface area contributed by atoms with Crippen molar-refractivity contribution in [3.8, 4) is 0 Å². The van der Waals surface area contributed by atoms with Gasteiger partial charge in [0.2, 0.25) is 11.8 Å². The molecule has 0 saturated heterocycles. The predicted molar refractivity (Wildman–Crippen MR) is 93.6 cm³/mol. The summed E-state index contributed by atoms with van der Waals surface area (Å²) >= 11 is 1.34. The van der Waals surface area contributed by atoms with E-state index in [0.29, 0.717) is 5.70 Å². The van der Waals surface area contributed by atoms with Crippen LogP contribution in [0.2, 0.25) is 0 Å². The van der Waals surface area contributed by atoms with Gasteiger partial charge in [0.15, 0.2) is 0 Å². The molecule has 128 valence electrons. The quantitative estimate of drug-likeness (QED) is 0.908. The highest BCUT2D eigenvalue weighted by Gasteiger charge is 2.26. The van der Waals surface area contributed by atoms with Crippen LogP contribution in [0.5, 0.6) is 0 Å². The molecule has 1 aliphatic heterocycles. The Kier molecular flexibility index (Phi) is 5.14. The molecule has 1 heterocycles. The predicted octanol–water partition coefficient (Wildman–Crippen LogP) is 3.48. The molecule has 0 radical (unpaired) electrons. The fourth-order valence-corrected chi connectivity index (χ4v) is 3.22. The summed E-state index contributed by atoms with van der Waals surface area (Å²) < 4.78 is 27.3. The summed E-state index contributed by atoms with van der Waals surface area (Å²) in [5.41, 5.74) is 0.857. The molecule has 1 aliphatic rings. The number of hydrogen-bond donors (Lipinski definition) is 1. The number of amides is 2. The van der Waals surface area contributed by atoms with Crippen LogP contribution in [-0.4, -0.2) is 29.0 Å². The zero-order valence-corrected chi connectivity index (χ0v) is 13.9. The van der Waals surface area contributed by atoms with Crippen LogP contribution in [0.25, 0.3) is 5.70 Å². The van der Waals surface area contributed by atoms with Crippen molar-refractivity contribution in [2.45, 2.75) is 0 Å². The fraction of sp³-hybridized carbons (Fsp3) is 0.111. The third-order valence-electron chi connectivity index (χ3n) is 3.59. The normalized spacial score (nSPS) is 14.2. The van der Waals surface area contributed by atoms with E-state index in [4.69, 9.17) is 0 Å². The van der Waals surface area contributed by atoms with Gasteiger partial charge in [-0.1, -0.05) is 36.4 Å². The minimum absolute atomic E-state index is 0.206. The van der Waals surface area contributed by atoms with Crippen LogP contribution in [0.4, 0.5) is 14.5 Å². The summed E-state index contributed by atoms with van der Waals surface area (Å²) in [6.07, 6.45) is 0. The van der Waals surface area contributed by atoms with E-state index in [0.717, 1.165) is 17.7 Å². The van der Waals surface area contributed by atoms with Gasteiger partial charge >= 0.3 is 0 Å². The minimum atomic E-state index is -0.868. The summed E-state index contributed by atoms with van der Waals surface area (Å²) in [6.45, 7) is -0.326. The molecule has 7 heteroatoms. The topological polar surface area (TPSA) is 49.4 Å². The number of nitrogens with zero attached hydrogens (tertiary/aromatic N) is 1. The van der Waals surface area contributed by atoms with Gasteiger partial charge in [-0.05, 0) is 23.1 Å².